The zero-order chi connectivity index (χ0) is 19.6. The van der Waals surface area contributed by atoms with E-state index >= 15 is 0 Å². The quantitative estimate of drug-likeness (QED) is 0.434. The highest BCUT2D eigenvalue weighted by Crippen LogP contribution is 2.04. The summed E-state index contributed by atoms with van der Waals surface area (Å²) in [6.07, 6.45) is 3.32. The third kappa shape index (κ3) is 6.29. The Bertz CT molecular complexity index is 917. The van der Waals surface area contributed by atoms with Crippen LogP contribution >= 0.6 is 0 Å². The first-order valence-electron chi connectivity index (χ1n) is 7.99. The number of aromatic nitrogens is 1. The summed E-state index contributed by atoms with van der Waals surface area (Å²) in [5, 5.41) is 19.4. The van der Waals surface area contributed by atoms with E-state index in [1.807, 2.05) is 6.07 Å². The smallest absolute Gasteiger partial charge is 0.277 e. The van der Waals surface area contributed by atoms with Gasteiger partial charge in [-0.1, -0.05) is 24.0 Å². The summed E-state index contributed by atoms with van der Waals surface area (Å²) < 4.78 is 0. The molecule has 0 saturated carbocycles. The highest BCUT2D eigenvalue weighted by Gasteiger charge is 2.18. The van der Waals surface area contributed by atoms with Crippen molar-refractivity contribution in [1.29, 1.82) is 0 Å². The minimum absolute atomic E-state index is 0.0270. The van der Waals surface area contributed by atoms with E-state index in [0.29, 0.717) is 11.1 Å². The van der Waals surface area contributed by atoms with Crippen molar-refractivity contribution in [2.45, 2.75) is 6.92 Å². The van der Waals surface area contributed by atoms with Crippen molar-refractivity contribution in [3.05, 3.63) is 65.5 Å². The average molecular weight is 363 g/mol. The number of amides is 2. The second kappa shape index (κ2) is 9.73. The molecule has 7 nitrogen and oxygen atoms in total. The maximum atomic E-state index is 12.0. The number of rotatable bonds is 4. The molecule has 0 bridgehead atoms. The minimum atomic E-state index is -0.909. The Morgan fingerprint density at radius 1 is 1.11 bits per heavy atom. The molecule has 2 rings (SSSR count). The molecule has 1 aromatic carbocycles. The van der Waals surface area contributed by atoms with Crippen molar-refractivity contribution in [3.63, 3.8) is 0 Å². The largest absolute Gasteiger partial charge is 0.351 e. The van der Waals surface area contributed by atoms with E-state index in [4.69, 9.17) is 10.4 Å². The van der Waals surface area contributed by atoms with Crippen LogP contribution in [0, 0.1) is 29.6 Å². The number of hydrogen-bond acceptors (Lipinski definition) is 5. The fourth-order valence-corrected chi connectivity index (χ4v) is 1.98. The van der Waals surface area contributed by atoms with Gasteiger partial charge < -0.3 is 5.32 Å². The maximum Gasteiger partial charge on any atom is 0.277 e. The molecule has 0 unspecified atom stereocenters. The number of benzene rings is 1. The van der Waals surface area contributed by atoms with Crippen LogP contribution in [0.15, 0.2) is 48.8 Å². The van der Waals surface area contributed by atoms with Crippen LogP contribution in [0.2, 0.25) is 0 Å². The second-order valence-electron chi connectivity index (χ2n) is 5.56. The first kappa shape index (κ1) is 19.7. The summed E-state index contributed by atoms with van der Waals surface area (Å²) in [5.41, 5.74) is 1.87. The molecule has 0 spiro atoms. The Hall–Kier alpha value is -3.65. The number of hydroxylamine groups is 2. The normalized spacial score (nSPS) is 10.5. The Morgan fingerprint density at radius 3 is 2.37 bits per heavy atom. The molecule has 0 aliphatic rings. The van der Waals surface area contributed by atoms with Gasteiger partial charge in [-0.15, -0.1) is 0 Å². The van der Waals surface area contributed by atoms with Crippen LogP contribution in [0.3, 0.4) is 0 Å². The Balaban J connectivity index is 1.91. The van der Waals surface area contributed by atoms with Gasteiger partial charge in [-0.3, -0.25) is 25.0 Å². The fourth-order valence-electron chi connectivity index (χ4n) is 1.98. The topological polar surface area (TPSA) is 103 Å². The first-order valence-corrected chi connectivity index (χ1v) is 7.99. The van der Waals surface area contributed by atoms with Crippen molar-refractivity contribution in [1.82, 2.24) is 15.5 Å². The summed E-state index contributed by atoms with van der Waals surface area (Å²) in [5.74, 6) is 9.15. The monoisotopic (exact) mass is 363 g/mol. The average Bonchev–Trinajstić information content (AvgIpc) is 2.69. The molecule has 0 aliphatic carbocycles. The van der Waals surface area contributed by atoms with Gasteiger partial charge in [0.15, 0.2) is 0 Å². The van der Waals surface area contributed by atoms with Gasteiger partial charge in [0.25, 0.3) is 11.8 Å². The Labute approximate surface area is 156 Å². The Morgan fingerprint density at radius 2 is 1.78 bits per heavy atom. The number of hydrogen-bond donors (Lipinski definition) is 3. The molecule has 7 heteroatoms. The van der Waals surface area contributed by atoms with Gasteiger partial charge in [0.05, 0.1) is 5.92 Å². The number of carbonyl (C=O) groups is 2. The molecule has 1 atom stereocenters. The molecule has 2 aromatic rings. The zero-order valence-electron chi connectivity index (χ0n) is 14.5. The van der Waals surface area contributed by atoms with Crippen LogP contribution in [0.1, 0.15) is 28.4 Å². The van der Waals surface area contributed by atoms with Crippen LogP contribution in [0.5, 0.6) is 0 Å². The highest BCUT2D eigenvalue weighted by atomic mass is 16.8. The van der Waals surface area contributed by atoms with Gasteiger partial charge in [-0.05, 0) is 48.2 Å². The molecule has 2 amide bonds. The molecule has 136 valence electrons. The minimum Gasteiger partial charge on any atom is -0.351 e. The van der Waals surface area contributed by atoms with Crippen molar-refractivity contribution < 1.29 is 20.0 Å². The number of carbonyl (C=O) groups excluding carboxylic acids is 2. The SMILES string of the molecule is C[C@H](CNC(=O)c1ccc(C#CC#Cc2cccnc2)cc1)C(=O)N(O)O. The summed E-state index contributed by atoms with van der Waals surface area (Å²) in [4.78, 5) is 27.3. The van der Waals surface area contributed by atoms with Crippen molar-refractivity contribution in [2.75, 3.05) is 6.54 Å². The van der Waals surface area contributed by atoms with E-state index in [0.717, 1.165) is 5.56 Å². The first-order chi connectivity index (χ1) is 13.0. The van der Waals surface area contributed by atoms with Gasteiger partial charge in [0, 0.05) is 35.6 Å². The van der Waals surface area contributed by atoms with Gasteiger partial charge in [-0.2, -0.15) is 0 Å². The highest BCUT2D eigenvalue weighted by molar-refractivity contribution is 5.94. The lowest BCUT2D eigenvalue weighted by Crippen LogP contribution is -2.37. The molecule has 0 radical (unpaired) electrons. The standard InChI is InChI=1S/C20H17N3O4/c1-15(20(25)23(26)27)13-22-19(24)18-10-8-16(9-11-18)5-2-3-6-17-7-4-12-21-14-17/h4,7-12,14-15,26-27H,13H2,1H3,(H,22,24)/t15-/m1/s1. The summed E-state index contributed by atoms with van der Waals surface area (Å²) in [6.45, 7) is 1.44. The van der Waals surface area contributed by atoms with Crippen LogP contribution in [0.25, 0.3) is 0 Å². The van der Waals surface area contributed by atoms with Crippen LogP contribution < -0.4 is 5.32 Å². The molecule has 1 aromatic heterocycles. The fraction of sp³-hybridized carbons (Fsp3) is 0.150. The van der Waals surface area contributed by atoms with E-state index in [9.17, 15) is 9.59 Å². The summed E-state index contributed by atoms with van der Waals surface area (Å²) in [6, 6.07) is 10.2. The van der Waals surface area contributed by atoms with E-state index in [-0.39, 0.29) is 12.5 Å². The van der Waals surface area contributed by atoms with E-state index in [1.165, 1.54) is 6.92 Å². The summed E-state index contributed by atoms with van der Waals surface area (Å²) >= 11 is 0. The molecular formula is C20H17N3O4. The predicted molar refractivity (Wildman–Crippen MR) is 96.4 cm³/mol. The molecule has 0 saturated heterocycles. The third-order valence-electron chi connectivity index (χ3n) is 3.47. The van der Waals surface area contributed by atoms with Crippen LogP contribution in [-0.4, -0.2) is 39.0 Å². The molecule has 1 heterocycles. The number of nitrogens with zero attached hydrogens (tertiary/aromatic N) is 2. The Kier molecular flexibility index (Phi) is 7.09. The third-order valence-corrected chi connectivity index (χ3v) is 3.47. The zero-order valence-corrected chi connectivity index (χ0v) is 14.5. The van der Waals surface area contributed by atoms with Gasteiger partial charge in [-0.25, -0.2) is 0 Å². The summed E-state index contributed by atoms with van der Waals surface area (Å²) in [7, 11) is 0. The van der Waals surface area contributed by atoms with E-state index in [1.54, 1.807) is 42.7 Å². The van der Waals surface area contributed by atoms with Gasteiger partial charge in [0.2, 0.25) is 0 Å². The second-order valence-corrected chi connectivity index (χ2v) is 5.56. The predicted octanol–water partition coefficient (Wildman–Crippen LogP) is 1.46. The lowest BCUT2D eigenvalue weighted by molar-refractivity contribution is -0.287. The number of nitrogens with one attached hydrogen (secondary N) is 1. The van der Waals surface area contributed by atoms with Crippen molar-refractivity contribution in [3.8, 4) is 23.7 Å². The van der Waals surface area contributed by atoms with E-state index < -0.39 is 17.1 Å². The molecule has 27 heavy (non-hydrogen) atoms. The molecule has 0 aliphatic heterocycles. The lowest BCUT2D eigenvalue weighted by atomic mass is 10.1. The lowest BCUT2D eigenvalue weighted by Gasteiger charge is -2.14. The van der Waals surface area contributed by atoms with Crippen LogP contribution in [-0.2, 0) is 4.79 Å². The van der Waals surface area contributed by atoms with Crippen LogP contribution in [0.4, 0.5) is 0 Å². The molecule has 0 fully saturated rings. The maximum absolute atomic E-state index is 12.0. The molecule has 3 N–H and O–H groups in total. The van der Waals surface area contributed by atoms with Gasteiger partial charge in [0.1, 0.15) is 0 Å². The number of pyridine rings is 1. The van der Waals surface area contributed by atoms with Crippen molar-refractivity contribution in [2.24, 2.45) is 5.92 Å². The van der Waals surface area contributed by atoms with Gasteiger partial charge >= 0.3 is 0 Å². The van der Waals surface area contributed by atoms with E-state index in [2.05, 4.69) is 34.0 Å². The molecular weight excluding hydrogens is 346 g/mol. The van der Waals surface area contributed by atoms with Crippen molar-refractivity contribution >= 4 is 11.8 Å².